The second-order valence-corrected chi connectivity index (χ2v) is 6.05. The van der Waals surface area contributed by atoms with Crippen molar-refractivity contribution in [2.75, 3.05) is 11.9 Å². The average Bonchev–Trinajstić information content (AvgIpc) is 2.50. The highest BCUT2D eigenvalue weighted by Gasteiger charge is 2.21. The van der Waals surface area contributed by atoms with Gasteiger partial charge >= 0.3 is 0 Å². The molecule has 1 unspecified atom stereocenters. The lowest BCUT2D eigenvalue weighted by Gasteiger charge is -2.26. The molecule has 4 nitrogen and oxygen atoms in total. The maximum Gasteiger partial charge on any atom is 0.227 e. The molecule has 0 fully saturated rings. The van der Waals surface area contributed by atoms with Gasteiger partial charge in [-0.15, -0.1) is 0 Å². The zero-order valence-electron chi connectivity index (χ0n) is 12.6. The molecule has 0 bridgehead atoms. The Bertz CT molecular complexity index is 743. The normalized spacial score (nSPS) is 15.6. The number of benzene rings is 1. The van der Waals surface area contributed by atoms with Gasteiger partial charge in [0.2, 0.25) is 5.91 Å². The highest BCUT2D eigenvalue weighted by Crippen LogP contribution is 2.36. The Hall–Kier alpha value is -1.91. The second kappa shape index (κ2) is 5.71. The van der Waals surface area contributed by atoms with Gasteiger partial charge < -0.3 is 10.6 Å². The van der Waals surface area contributed by atoms with Crippen LogP contribution in [0.2, 0.25) is 5.02 Å². The Morgan fingerprint density at radius 2 is 2.09 bits per heavy atom. The van der Waals surface area contributed by atoms with Crippen LogP contribution >= 0.6 is 11.6 Å². The topological polar surface area (TPSA) is 59.2 Å². The number of nitrogens with zero attached hydrogens (tertiary/aromatic N) is 2. The van der Waals surface area contributed by atoms with Gasteiger partial charge in [-0.05, 0) is 36.6 Å². The van der Waals surface area contributed by atoms with Crippen LogP contribution in [0.5, 0.6) is 0 Å². The molecular weight excluding hydrogens is 298 g/mol. The average molecular weight is 316 g/mol. The third-order valence-electron chi connectivity index (χ3n) is 4.13. The standard InChI is InChI=1S/C17H18ClN3O/c1-10(19)13-8-20-9-14(17(13)18)11-3-5-15-12(7-11)4-6-16(22)21(15)2/h3,5,7-10H,4,6,19H2,1-2H3. The number of hydrogen-bond donors (Lipinski definition) is 1. The number of amides is 1. The maximum absolute atomic E-state index is 11.8. The summed E-state index contributed by atoms with van der Waals surface area (Å²) in [5.74, 6) is 0.152. The van der Waals surface area contributed by atoms with Gasteiger partial charge in [0.1, 0.15) is 0 Å². The van der Waals surface area contributed by atoms with E-state index in [2.05, 4.69) is 11.1 Å². The number of nitrogens with two attached hydrogens (primary N) is 1. The number of rotatable bonds is 2. The molecule has 1 aliphatic rings. The summed E-state index contributed by atoms with van der Waals surface area (Å²) >= 11 is 6.49. The van der Waals surface area contributed by atoms with E-state index in [1.165, 1.54) is 0 Å². The molecule has 1 aromatic carbocycles. The fourth-order valence-corrected chi connectivity index (χ4v) is 3.18. The minimum Gasteiger partial charge on any atom is -0.324 e. The number of aryl methyl sites for hydroxylation is 1. The summed E-state index contributed by atoms with van der Waals surface area (Å²) in [5.41, 5.74) is 10.8. The third kappa shape index (κ3) is 2.49. The molecule has 0 saturated carbocycles. The van der Waals surface area contributed by atoms with E-state index >= 15 is 0 Å². The SMILES string of the molecule is CC(N)c1cncc(-c2ccc3c(c2)CCC(=O)N3C)c1Cl. The van der Waals surface area contributed by atoms with Crippen molar-refractivity contribution >= 4 is 23.2 Å². The Morgan fingerprint density at radius 1 is 1.32 bits per heavy atom. The van der Waals surface area contributed by atoms with Crippen LogP contribution in [0.4, 0.5) is 5.69 Å². The molecule has 114 valence electrons. The Kier molecular flexibility index (Phi) is 3.89. The van der Waals surface area contributed by atoms with Crippen LogP contribution < -0.4 is 10.6 Å². The molecule has 22 heavy (non-hydrogen) atoms. The van der Waals surface area contributed by atoms with Gasteiger partial charge in [-0.2, -0.15) is 0 Å². The molecule has 0 spiro atoms. The van der Waals surface area contributed by atoms with Crippen LogP contribution in [0.1, 0.15) is 30.5 Å². The summed E-state index contributed by atoms with van der Waals surface area (Å²) in [4.78, 5) is 17.7. The minimum absolute atomic E-state index is 0.152. The number of halogens is 1. The van der Waals surface area contributed by atoms with Crippen LogP contribution in [0.25, 0.3) is 11.1 Å². The first-order chi connectivity index (χ1) is 10.5. The monoisotopic (exact) mass is 315 g/mol. The highest BCUT2D eigenvalue weighted by molar-refractivity contribution is 6.34. The van der Waals surface area contributed by atoms with Gasteiger partial charge in [-0.25, -0.2) is 0 Å². The quantitative estimate of drug-likeness (QED) is 0.924. The first-order valence-corrected chi connectivity index (χ1v) is 7.65. The van der Waals surface area contributed by atoms with E-state index in [1.54, 1.807) is 17.3 Å². The predicted octanol–water partition coefficient (Wildman–Crippen LogP) is 3.33. The van der Waals surface area contributed by atoms with Crippen LogP contribution in [-0.4, -0.2) is 17.9 Å². The fraction of sp³-hybridized carbons (Fsp3) is 0.294. The van der Waals surface area contributed by atoms with Gasteiger partial charge in [0.15, 0.2) is 0 Å². The Balaban J connectivity index is 2.08. The lowest BCUT2D eigenvalue weighted by atomic mass is 9.96. The van der Waals surface area contributed by atoms with E-state index in [-0.39, 0.29) is 11.9 Å². The minimum atomic E-state index is -0.165. The summed E-state index contributed by atoms with van der Waals surface area (Å²) < 4.78 is 0. The number of pyridine rings is 1. The third-order valence-corrected chi connectivity index (χ3v) is 4.55. The first kappa shape index (κ1) is 15.0. The first-order valence-electron chi connectivity index (χ1n) is 7.28. The second-order valence-electron chi connectivity index (χ2n) is 5.68. The van der Waals surface area contributed by atoms with E-state index in [4.69, 9.17) is 17.3 Å². The summed E-state index contributed by atoms with van der Waals surface area (Å²) in [6, 6.07) is 5.87. The van der Waals surface area contributed by atoms with Gasteiger partial charge in [-0.3, -0.25) is 9.78 Å². The van der Waals surface area contributed by atoms with Gasteiger partial charge in [0, 0.05) is 48.7 Å². The van der Waals surface area contributed by atoms with E-state index in [9.17, 15) is 4.79 Å². The molecule has 1 aliphatic heterocycles. The van der Waals surface area contributed by atoms with Gasteiger partial charge in [0.05, 0.1) is 5.02 Å². The zero-order valence-corrected chi connectivity index (χ0v) is 13.4. The number of aromatic nitrogens is 1. The Morgan fingerprint density at radius 3 is 2.82 bits per heavy atom. The number of carbonyl (C=O) groups excluding carboxylic acids is 1. The van der Waals surface area contributed by atoms with E-state index in [1.807, 2.05) is 26.1 Å². The van der Waals surface area contributed by atoms with Crippen LogP contribution in [0.15, 0.2) is 30.6 Å². The molecule has 1 atom stereocenters. The van der Waals surface area contributed by atoms with Crippen LogP contribution in [0, 0.1) is 0 Å². The summed E-state index contributed by atoms with van der Waals surface area (Å²) in [6.07, 6.45) is 4.76. The number of hydrogen-bond acceptors (Lipinski definition) is 3. The molecule has 3 rings (SSSR count). The molecule has 0 aliphatic carbocycles. The van der Waals surface area contributed by atoms with Crippen molar-refractivity contribution in [1.82, 2.24) is 4.98 Å². The summed E-state index contributed by atoms with van der Waals surface area (Å²) in [6.45, 7) is 1.89. The largest absolute Gasteiger partial charge is 0.324 e. The predicted molar refractivity (Wildman–Crippen MR) is 89.0 cm³/mol. The van der Waals surface area contributed by atoms with Crippen molar-refractivity contribution < 1.29 is 4.79 Å². The molecule has 0 saturated heterocycles. The molecule has 2 heterocycles. The fourth-order valence-electron chi connectivity index (χ4n) is 2.80. The molecule has 1 aromatic heterocycles. The molecular formula is C17H18ClN3O. The smallest absolute Gasteiger partial charge is 0.227 e. The van der Waals surface area contributed by atoms with Crippen molar-refractivity contribution in [3.05, 3.63) is 46.7 Å². The lowest BCUT2D eigenvalue weighted by molar-refractivity contribution is -0.118. The van der Waals surface area contributed by atoms with E-state index < -0.39 is 0 Å². The molecule has 2 N–H and O–H groups in total. The molecule has 2 aromatic rings. The molecule has 5 heteroatoms. The summed E-state index contributed by atoms with van der Waals surface area (Å²) in [7, 11) is 1.81. The highest BCUT2D eigenvalue weighted by atomic mass is 35.5. The number of fused-ring (bicyclic) bond motifs is 1. The van der Waals surface area contributed by atoms with Crippen molar-refractivity contribution in [2.45, 2.75) is 25.8 Å². The van der Waals surface area contributed by atoms with Gasteiger partial charge in [-0.1, -0.05) is 17.7 Å². The van der Waals surface area contributed by atoms with Crippen LogP contribution in [-0.2, 0) is 11.2 Å². The molecule has 1 amide bonds. The summed E-state index contributed by atoms with van der Waals surface area (Å²) in [5, 5.41) is 0.644. The van der Waals surface area contributed by atoms with Crippen molar-refractivity contribution in [3.8, 4) is 11.1 Å². The maximum atomic E-state index is 11.8. The zero-order chi connectivity index (χ0) is 15.9. The number of carbonyl (C=O) groups is 1. The van der Waals surface area contributed by atoms with Gasteiger partial charge in [0.25, 0.3) is 0 Å². The van der Waals surface area contributed by atoms with Crippen molar-refractivity contribution in [3.63, 3.8) is 0 Å². The van der Waals surface area contributed by atoms with E-state index in [0.29, 0.717) is 11.4 Å². The van der Waals surface area contributed by atoms with Crippen LogP contribution in [0.3, 0.4) is 0 Å². The van der Waals surface area contributed by atoms with Crippen molar-refractivity contribution in [1.29, 1.82) is 0 Å². The van der Waals surface area contributed by atoms with E-state index in [0.717, 1.165) is 34.4 Å². The number of anilines is 1. The van der Waals surface area contributed by atoms with Crippen molar-refractivity contribution in [2.24, 2.45) is 5.73 Å². The Labute approximate surface area is 134 Å². The molecule has 0 radical (unpaired) electrons. The lowest BCUT2D eigenvalue weighted by Crippen LogP contribution is -2.30.